The molecular weight excluding hydrogens is 196 g/mol. The molecule has 0 aromatic heterocycles. The number of hydrogen-bond donors (Lipinski definition) is 1. The molecule has 2 rings (SSSR count). The minimum atomic E-state index is -0.373. The number of ether oxygens (including phenoxy) is 3. The molecule has 1 aliphatic heterocycles. The summed E-state index contributed by atoms with van der Waals surface area (Å²) in [5, 5.41) is 8.59. The maximum Gasteiger partial charge on any atom is 0.187 e. The van der Waals surface area contributed by atoms with E-state index in [2.05, 4.69) is 0 Å². The topological polar surface area (TPSA) is 47.9 Å². The van der Waals surface area contributed by atoms with Gasteiger partial charge >= 0.3 is 0 Å². The number of rotatable bonds is 4. The molecular formula is C11H14O4. The Bertz CT molecular complexity index is 288. The minimum Gasteiger partial charge on any atom is -0.394 e. The predicted molar refractivity (Wildman–Crippen MR) is 53.0 cm³/mol. The van der Waals surface area contributed by atoms with Gasteiger partial charge < -0.3 is 19.3 Å². The molecule has 1 fully saturated rings. The Morgan fingerprint density at radius 1 is 1.33 bits per heavy atom. The summed E-state index contributed by atoms with van der Waals surface area (Å²) in [4.78, 5) is 0. The molecule has 82 valence electrons. The molecule has 1 saturated heterocycles. The molecule has 1 aromatic rings. The van der Waals surface area contributed by atoms with E-state index in [1.165, 1.54) is 0 Å². The lowest BCUT2D eigenvalue weighted by molar-refractivity contribution is -0.149. The first-order valence-corrected chi connectivity index (χ1v) is 4.94. The number of aliphatic hydroxyl groups is 1. The molecule has 15 heavy (non-hydrogen) atoms. The van der Waals surface area contributed by atoms with Crippen molar-refractivity contribution in [3.8, 4) is 0 Å². The summed E-state index contributed by atoms with van der Waals surface area (Å²) in [7, 11) is 0. The lowest BCUT2D eigenvalue weighted by atomic mass is 10.2. The second-order valence-corrected chi connectivity index (χ2v) is 3.24. The molecule has 1 aliphatic rings. The van der Waals surface area contributed by atoms with Gasteiger partial charge in [0, 0.05) is 5.56 Å². The Kier molecular flexibility index (Phi) is 3.69. The summed E-state index contributed by atoms with van der Waals surface area (Å²) in [6.07, 6.45) is -0.725. The van der Waals surface area contributed by atoms with E-state index in [4.69, 9.17) is 19.3 Å². The number of benzene rings is 1. The molecule has 0 spiro atoms. The van der Waals surface area contributed by atoms with Crippen LogP contribution >= 0.6 is 0 Å². The van der Waals surface area contributed by atoms with Crippen LogP contribution in [0.2, 0.25) is 0 Å². The van der Waals surface area contributed by atoms with Gasteiger partial charge in [0.1, 0.15) is 6.61 Å². The van der Waals surface area contributed by atoms with E-state index in [1.54, 1.807) is 0 Å². The summed E-state index contributed by atoms with van der Waals surface area (Å²) in [6, 6.07) is 9.70. The van der Waals surface area contributed by atoms with Gasteiger partial charge in [-0.25, -0.2) is 0 Å². The molecule has 1 heterocycles. The zero-order valence-corrected chi connectivity index (χ0v) is 8.33. The van der Waals surface area contributed by atoms with E-state index in [-0.39, 0.29) is 25.8 Å². The van der Waals surface area contributed by atoms with Crippen molar-refractivity contribution in [1.29, 1.82) is 0 Å². The first kappa shape index (κ1) is 10.6. The zero-order chi connectivity index (χ0) is 10.5. The molecule has 0 radical (unpaired) electrons. The normalized spacial score (nSPS) is 25.7. The summed E-state index contributed by atoms with van der Waals surface area (Å²) in [6.45, 7) is 0.672. The van der Waals surface area contributed by atoms with Crippen molar-refractivity contribution in [2.24, 2.45) is 0 Å². The van der Waals surface area contributed by atoms with Crippen LogP contribution in [0.5, 0.6) is 0 Å². The van der Waals surface area contributed by atoms with Crippen LogP contribution in [-0.4, -0.2) is 31.2 Å². The van der Waals surface area contributed by atoms with E-state index in [1.807, 2.05) is 30.3 Å². The van der Waals surface area contributed by atoms with E-state index >= 15 is 0 Å². The fourth-order valence-electron chi connectivity index (χ4n) is 1.44. The van der Waals surface area contributed by atoms with Crippen LogP contribution in [0.3, 0.4) is 0 Å². The summed E-state index contributed by atoms with van der Waals surface area (Å²) < 4.78 is 16.1. The van der Waals surface area contributed by atoms with Crippen LogP contribution in [-0.2, 0) is 14.2 Å². The van der Waals surface area contributed by atoms with Crippen LogP contribution in [0.1, 0.15) is 11.9 Å². The average molecular weight is 210 g/mol. The third-order valence-electron chi connectivity index (χ3n) is 2.13. The highest BCUT2D eigenvalue weighted by atomic mass is 16.8. The van der Waals surface area contributed by atoms with Gasteiger partial charge in [-0.15, -0.1) is 0 Å². The minimum absolute atomic E-state index is 0.00410. The number of aliphatic hydroxyl groups excluding tert-OH is 1. The van der Waals surface area contributed by atoms with Crippen molar-refractivity contribution in [1.82, 2.24) is 0 Å². The Morgan fingerprint density at radius 2 is 2.13 bits per heavy atom. The lowest BCUT2D eigenvalue weighted by Gasteiger charge is -2.11. The molecule has 0 amide bonds. The fourth-order valence-corrected chi connectivity index (χ4v) is 1.44. The van der Waals surface area contributed by atoms with Gasteiger partial charge in [-0.1, -0.05) is 30.3 Å². The Hall–Kier alpha value is -0.940. The Morgan fingerprint density at radius 3 is 2.87 bits per heavy atom. The van der Waals surface area contributed by atoms with Crippen molar-refractivity contribution in [2.75, 3.05) is 19.8 Å². The van der Waals surface area contributed by atoms with Gasteiger partial charge in [0.25, 0.3) is 0 Å². The van der Waals surface area contributed by atoms with Crippen molar-refractivity contribution >= 4 is 0 Å². The Labute approximate surface area is 88.4 Å². The smallest absolute Gasteiger partial charge is 0.187 e. The summed E-state index contributed by atoms with van der Waals surface area (Å²) >= 11 is 0. The monoisotopic (exact) mass is 210 g/mol. The van der Waals surface area contributed by atoms with Gasteiger partial charge in [-0.3, -0.25) is 0 Å². The van der Waals surface area contributed by atoms with Crippen LogP contribution in [0.15, 0.2) is 30.3 Å². The quantitative estimate of drug-likeness (QED) is 0.807. The van der Waals surface area contributed by atoms with Crippen molar-refractivity contribution < 1.29 is 19.3 Å². The third kappa shape index (κ3) is 2.76. The van der Waals surface area contributed by atoms with Crippen molar-refractivity contribution in [2.45, 2.75) is 12.6 Å². The molecule has 4 nitrogen and oxygen atoms in total. The van der Waals surface area contributed by atoms with E-state index in [0.29, 0.717) is 6.61 Å². The molecule has 2 unspecified atom stereocenters. The first-order valence-electron chi connectivity index (χ1n) is 4.94. The van der Waals surface area contributed by atoms with E-state index in [9.17, 15) is 0 Å². The summed E-state index contributed by atoms with van der Waals surface area (Å²) in [5.41, 5.74) is 0.979. The zero-order valence-electron chi connectivity index (χ0n) is 8.33. The predicted octanol–water partition coefficient (Wildman–Crippen LogP) is 1.07. The van der Waals surface area contributed by atoms with Gasteiger partial charge in [-0.2, -0.15) is 0 Å². The van der Waals surface area contributed by atoms with Gasteiger partial charge in [-0.05, 0) is 0 Å². The first-order chi connectivity index (χ1) is 7.40. The average Bonchev–Trinajstić information content (AvgIpc) is 2.76. The van der Waals surface area contributed by atoms with Crippen LogP contribution < -0.4 is 0 Å². The second-order valence-electron chi connectivity index (χ2n) is 3.24. The molecule has 2 atom stereocenters. The van der Waals surface area contributed by atoms with E-state index in [0.717, 1.165) is 5.56 Å². The van der Waals surface area contributed by atoms with E-state index < -0.39 is 0 Å². The van der Waals surface area contributed by atoms with Crippen molar-refractivity contribution in [3.63, 3.8) is 0 Å². The molecule has 0 aliphatic carbocycles. The van der Waals surface area contributed by atoms with Gasteiger partial charge in [0.2, 0.25) is 0 Å². The Balaban J connectivity index is 1.87. The maximum absolute atomic E-state index is 8.59. The van der Waals surface area contributed by atoms with Crippen molar-refractivity contribution in [3.05, 3.63) is 35.9 Å². The van der Waals surface area contributed by atoms with Crippen LogP contribution in [0, 0.1) is 0 Å². The highest BCUT2D eigenvalue weighted by Crippen LogP contribution is 2.26. The standard InChI is InChI=1S/C11H14O4/c12-6-7-13-10-8-14-11(15-10)9-4-2-1-3-5-9/h1-5,10-12H,6-8H2. The highest BCUT2D eigenvalue weighted by Gasteiger charge is 2.27. The molecule has 0 saturated carbocycles. The van der Waals surface area contributed by atoms with Gasteiger partial charge in [0.05, 0.1) is 13.2 Å². The largest absolute Gasteiger partial charge is 0.394 e. The maximum atomic E-state index is 8.59. The molecule has 0 bridgehead atoms. The highest BCUT2D eigenvalue weighted by molar-refractivity contribution is 5.16. The lowest BCUT2D eigenvalue weighted by Crippen LogP contribution is -2.16. The van der Waals surface area contributed by atoms with Crippen LogP contribution in [0.4, 0.5) is 0 Å². The molecule has 1 aromatic carbocycles. The summed E-state index contributed by atoms with van der Waals surface area (Å²) in [5.74, 6) is 0. The second kappa shape index (κ2) is 5.23. The van der Waals surface area contributed by atoms with Gasteiger partial charge in [0.15, 0.2) is 12.6 Å². The fraction of sp³-hybridized carbons (Fsp3) is 0.455. The molecule has 1 N–H and O–H groups in total. The third-order valence-corrected chi connectivity index (χ3v) is 2.13. The molecule has 4 heteroatoms. The van der Waals surface area contributed by atoms with Crippen LogP contribution in [0.25, 0.3) is 0 Å². The SMILES string of the molecule is OCCOC1COC(c2ccccc2)O1. The number of hydrogen-bond acceptors (Lipinski definition) is 4.